The number of amides is 5. The van der Waals surface area contributed by atoms with Crippen molar-refractivity contribution in [2.45, 2.75) is 16.6 Å². The van der Waals surface area contributed by atoms with Crippen molar-refractivity contribution in [1.82, 2.24) is 29.9 Å². The third kappa shape index (κ3) is 6.50. The molecule has 3 heterocycles. The van der Waals surface area contributed by atoms with Crippen molar-refractivity contribution in [3.8, 4) is 5.75 Å². The number of anilines is 1. The number of aromatic amines is 1. The molecular formula is C29H28ClN7O9S2. The number of rotatable bonds is 9. The third-order valence-corrected chi connectivity index (χ3v) is 11.1. The highest BCUT2D eigenvalue weighted by atomic mass is 35.5. The summed E-state index contributed by atoms with van der Waals surface area (Å²) < 4.78 is 1.01. The quantitative estimate of drug-likeness (QED) is 0.137. The Kier molecular flexibility index (Phi) is 9.88. The first kappa shape index (κ1) is 34.5. The zero-order chi connectivity index (χ0) is 34.9. The number of carbonyl (C=O) groups excluding carboxylic acids is 4. The van der Waals surface area contributed by atoms with Crippen molar-refractivity contribution >= 4 is 70.5 Å². The Morgan fingerprint density at radius 2 is 1.83 bits per heavy atom. The summed E-state index contributed by atoms with van der Waals surface area (Å²) in [5.74, 6) is -3.29. The van der Waals surface area contributed by atoms with E-state index in [0.717, 1.165) is 33.0 Å². The van der Waals surface area contributed by atoms with E-state index in [9.17, 15) is 43.8 Å². The smallest absolute Gasteiger partial charge is 0.330 e. The topological polar surface area (TPSA) is 215 Å². The second-order valence-electron chi connectivity index (χ2n) is 11.0. The number of β-lactam (4-membered cyclic amide) rings is 1. The van der Waals surface area contributed by atoms with Crippen molar-refractivity contribution in [3.63, 3.8) is 0 Å². The molecule has 0 saturated carbocycles. The molecular weight excluding hydrogens is 690 g/mol. The molecule has 252 valence electrons. The van der Waals surface area contributed by atoms with Crippen molar-refractivity contribution in [1.29, 1.82) is 0 Å². The van der Waals surface area contributed by atoms with Crippen molar-refractivity contribution < 1.29 is 34.2 Å². The third-order valence-electron chi connectivity index (χ3n) is 7.87. The van der Waals surface area contributed by atoms with E-state index in [1.165, 1.54) is 60.3 Å². The summed E-state index contributed by atoms with van der Waals surface area (Å²) in [5, 5.41) is 27.9. The molecule has 0 aliphatic carbocycles. The van der Waals surface area contributed by atoms with Crippen LogP contribution < -0.4 is 21.3 Å². The van der Waals surface area contributed by atoms with Crippen molar-refractivity contribution in [2.75, 3.05) is 36.5 Å². The fraction of sp³-hybridized carbons (Fsp3) is 0.310. The van der Waals surface area contributed by atoms with Gasteiger partial charge in [0.15, 0.2) is 5.16 Å². The Morgan fingerprint density at radius 3 is 2.50 bits per heavy atom. The van der Waals surface area contributed by atoms with Crippen LogP contribution in [0.15, 0.2) is 63.3 Å². The molecule has 2 aliphatic heterocycles. The molecule has 2 saturated heterocycles. The van der Waals surface area contributed by atoms with Crippen LogP contribution in [-0.2, 0) is 21.4 Å². The first-order chi connectivity index (χ1) is 22.8. The van der Waals surface area contributed by atoms with Crippen LogP contribution in [0.25, 0.3) is 0 Å². The van der Waals surface area contributed by atoms with E-state index in [1.807, 2.05) is 0 Å². The number of carboxylic acids is 1. The van der Waals surface area contributed by atoms with E-state index < -0.39 is 64.2 Å². The van der Waals surface area contributed by atoms with Crippen molar-refractivity contribution in [3.05, 3.63) is 79.8 Å². The standard InChI is InChI=1S/C29H28ClN7O9S2/c1-34(22(41)17-5-3-4-6-18(17)30)27(46)31-11-19(39)37(15-7-9-16(38)10-8-15)20-23(42)36-12-29(26(44)45,13-47-25(20)36)14-48-28-33-32-21(40)24(43)35(28)2/h3-10,20,25,38H,11-14H2,1-2H3,(H,31,46)(H,32,40)(H,44,45)/t20?,25-,29?/m1/s1. The van der Waals surface area contributed by atoms with E-state index in [1.54, 1.807) is 12.1 Å². The number of phenols is 1. The predicted molar refractivity (Wildman–Crippen MR) is 175 cm³/mol. The number of hydrogen-bond acceptors (Lipinski definition) is 11. The molecule has 4 N–H and O–H groups in total. The Bertz CT molecular complexity index is 1920. The van der Waals surface area contributed by atoms with E-state index >= 15 is 0 Å². The van der Waals surface area contributed by atoms with Gasteiger partial charge >= 0.3 is 23.1 Å². The fourth-order valence-corrected chi connectivity index (χ4v) is 8.16. The van der Waals surface area contributed by atoms with Gasteiger partial charge in [-0.3, -0.25) is 43.1 Å². The highest BCUT2D eigenvalue weighted by Gasteiger charge is 2.59. The number of thioether (sulfide) groups is 2. The minimum Gasteiger partial charge on any atom is -0.508 e. The number of imide groups is 1. The number of urea groups is 1. The lowest BCUT2D eigenvalue weighted by atomic mass is 9.89. The number of benzene rings is 2. The molecule has 2 unspecified atom stereocenters. The molecule has 2 aromatic carbocycles. The second-order valence-corrected chi connectivity index (χ2v) is 13.4. The number of aromatic hydroxyl groups is 1. The van der Waals surface area contributed by atoms with Gasteiger partial charge in [0.1, 0.15) is 22.6 Å². The zero-order valence-electron chi connectivity index (χ0n) is 25.3. The molecule has 48 heavy (non-hydrogen) atoms. The van der Waals surface area contributed by atoms with E-state index in [-0.39, 0.29) is 45.2 Å². The molecule has 0 bridgehead atoms. The summed E-state index contributed by atoms with van der Waals surface area (Å²) in [6.45, 7) is -0.815. The highest BCUT2D eigenvalue weighted by Crippen LogP contribution is 2.46. The van der Waals surface area contributed by atoms with Gasteiger partial charge in [-0.25, -0.2) is 9.89 Å². The van der Waals surface area contributed by atoms with Gasteiger partial charge in [0.25, 0.3) is 5.91 Å². The largest absolute Gasteiger partial charge is 0.508 e. The molecule has 5 amide bonds. The van der Waals surface area contributed by atoms with Crippen LogP contribution >= 0.6 is 35.1 Å². The average molecular weight is 718 g/mol. The zero-order valence-corrected chi connectivity index (χ0v) is 27.7. The lowest BCUT2D eigenvalue weighted by Gasteiger charge is -2.56. The lowest BCUT2D eigenvalue weighted by Crippen LogP contribution is -2.75. The van der Waals surface area contributed by atoms with Crippen LogP contribution in [0.4, 0.5) is 10.5 Å². The normalized spacial score (nSPS) is 19.9. The molecule has 1 aromatic heterocycles. The number of aliphatic carboxylic acids is 1. The van der Waals surface area contributed by atoms with Gasteiger partial charge in [0.2, 0.25) is 11.8 Å². The molecule has 5 rings (SSSR count). The fourth-order valence-electron chi connectivity index (χ4n) is 5.12. The second kappa shape index (κ2) is 13.7. The maximum atomic E-state index is 13.7. The number of carbonyl (C=O) groups is 5. The van der Waals surface area contributed by atoms with Gasteiger partial charge in [0, 0.05) is 37.8 Å². The summed E-state index contributed by atoms with van der Waals surface area (Å²) >= 11 is 8.17. The summed E-state index contributed by atoms with van der Waals surface area (Å²) in [5.41, 5.74) is -2.92. The molecule has 16 nitrogen and oxygen atoms in total. The van der Waals surface area contributed by atoms with Crippen LogP contribution in [0, 0.1) is 5.41 Å². The van der Waals surface area contributed by atoms with Gasteiger partial charge in [-0.15, -0.1) is 16.9 Å². The number of aromatic nitrogens is 3. The van der Waals surface area contributed by atoms with E-state index in [4.69, 9.17) is 11.6 Å². The van der Waals surface area contributed by atoms with Gasteiger partial charge in [-0.2, -0.15) is 0 Å². The number of hydrogen-bond donors (Lipinski definition) is 4. The van der Waals surface area contributed by atoms with Crippen LogP contribution in [0.1, 0.15) is 10.4 Å². The Hall–Kier alpha value is -4.81. The number of phenolic OH excluding ortho intramolecular Hbond substituents is 1. The summed E-state index contributed by atoms with van der Waals surface area (Å²) in [7, 11) is 2.55. The summed E-state index contributed by atoms with van der Waals surface area (Å²) in [6, 6.07) is 9.67. The van der Waals surface area contributed by atoms with E-state index in [0.29, 0.717) is 0 Å². The number of nitrogens with zero attached hydrogens (tertiary/aromatic N) is 5. The number of H-pyrrole nitrogens is 1. The van der Waals surface area contributed by atoms with Gasteiger partial charge < -0.3 is 20.4 Å². The Labute approximate surface area is 285 Å². The van der Waals surface area contributed by atoms with Crippen LogP contribution in [0.3, 0.4) is 0 Å². The highest BCUT2D eigenvalue weighted by molar-refractivity contribution is 8.00. The van der Waals surface area contributed by atoms with Crippen LogP contribution in [0.2, 0.25) is 5.02 Å². The summed E-state index contributed by atoms with van der Waals surface area (Å²) in [6.07, 6.45) is 0. The summed E-state index contributed by atoms with van der Waals surface area (Å²) in [4.78, 5) is 92.4. The number of halogens is 1. The number of nitrogens with one attached hydrogen (secondary N) is 2. The minimum absolute atomic E-state index is 0.0286. The first-order valence-electron chi connectivity index (χ1n) is 14.1. The molecule has 3 atom stereocenters. The number of fused-ring (bicyclic) bond motifs is 1. The van der Waals surface area contributed by atoms with Gasteiger partial charge in [-0.05, 0) is 36.4 Å². The average Bonchev–Trinajstić information content (AvgIpc) is 3.07. The lowest BCUT2D eigenvalue weighted by molar-refractivity contribution is -0.156. The van der Waals surface area contributed by atoms with Crippen LogP contribution in [0.5, 0.6) is 5.75 Å². The Balaban J connectivity index is 1.31. The molecule has 2 fully saturated rings. The first-order valence-corrected chi connectivity index (χ1v) is 16.5. The van der Waals surface area contributed by atoms with Gasteiger partial charge in [0.05, 0.1) is 17.1 Å². The Morgan fingerprint density at radius 1 is 1.15 bits per heavy atom. The maximum Gasteiger partial charge on any atom is 0.330 e. The molecule has 0 radical (unpaired) electrons. The molecule has 3 aromatic rings. The van der Waals surface area contributed by atoms with Crippen molar-refractivity contribution in [2.24, 2.45) is 12.5 Å². The molecule has 0 spiro atoms. The number of carboxylic acid groups (broad SMARTS) is 1. The van der Waals surface area contributed by atoms with Gasteiger partial charge in [-0.1, -0.05) is 35.5 Å². The molecule has 2 aliphatic rings. The van der Waals surface area contributed by atoms with E-state index in [2.05, 4.69) is 15.5 Å². The monoisotopic (exact) mass is 717 g/mol. The SMILES string of the molecule is CN(C(=O)NCC(=O)N(c1ccc(O)cc1)C1C(=O)N2CC(CSc3n[nH]c(=O)c(=O)n3C)(C(=O)O)CS[C@H]12)C(=O)c1ccccc1Cl. The maximum absolute atomic E-state index is 13.7. The minimum atomic E-state index is -1.46. The predicted octanol–water partition coefficient (Wildman–Crippen LogP) is 0.789. The molecule has 19 heteroatoms. The van der Waals surface area contributed by atoms with Crippen LogP contribution in [-0.4, -0.2) is 108 Å².